The number of hydrogen-bond acceptors (Lipinski definition) is 4. The largest absolute Gasteiger partial charge is 0.368 e. The lowest BCUT2D eigenvalue weighted by atomic mass is 10.0. The van der Waals surface area contributed by atoms with Crippen molar-refractivity contribution in [3.05, 3.63) is 23.3 Å². The summed E-state index contributed by atoms with van der Waals surface area (Å²) in [7, 11) is 0. The fourth-order valence-electron chi connectivity index (χ4n) is 1.82. The second kappa shape index (κ2) is 5.56. The molecule has 0 aromatic carbocycles. The summed E-state index contributed by atoms with van der Waals surface area (Å²) < 4.78 is 5.76. The summed E-state index contributed by atoms with van der Waals surface area (Å²) >= 11 is 0. The Morgan fingerprint density at radius 3 is 2.53 bits per heavy atom. The third-order valence-corrected chi connectivity index (χ3v) is 3.12. The topological polar surface area (TPSA) is 61.0 Å². The fraction of sp³-hybridized carbons (Fsp3) is 0.692. The minimum Gasteiger partial charge on any atom is -0.368 e. The smallest absolute Gasteiger partial charge is 0.160 e. The number of nitrogens with two attached hydrogens (primary N) is 1. The van der Waals surface area contributed by atoms with Crippen LogP contribution in [-0.4, -0.2) is 16.6 Å². The molecule has 0 saturated heterocycles. The van der Waals surface area contributed by atoms with Crippen LogP contribution in [0, 0.1) is 6.92 Å². The molecule has 2 N–H and O–H groups in total. The molecule has 0 aliphatic carbocycles. The van der Waals surface area contributed by atoms with Crippen molar-refractivity contribution in [1.82, 2.24) is 9.97 Å². The van der Waals surface area contributed by atoms with Crippen molar-refractivity contribution >= 4 is 0 Å². The first-order valence-electron chi connectivity index (χ1n) is 6.18. The predicted molar refractivity (Wildman–Crippen MR) is 68.6 cm³/mol. The van der Waals surface area contributed by atoms with Crippen LogP contribution in [0.4, 0.5) is 0 Å². The molecule has 0 fully saturated rings. The summed E-state index contributed by atoms with van der Waals surface area (Å²) in [6.07, 6.45) is 2.66. The van der Waals surface area contributed by atoms with E-state index < -0.39 is 5.60 Å². The lowest BCUT2D eigenvalue weighted by Crippen LogP contribution is -2.28. The van der Waals surface area contributed by atoms with Crippen LogP contribution in [0.2, 0.25) is 0 Å². The van der Waals surface area contributed by atoms with Gasteiger partial charge < -0.3 is 10.5 Å². The summed E-state index contributed by atoms with van der Waals surface area (Å²) in [5, 5.41) is 0. The second-order valence-corrected chi connectivity index (χ2v) is 4.54. The first-order valence-corrected chi connectivity index (χ1v) is 6.18. The van der Waals surface area contributed by atoms with Gasteiger partial charge in [0.05, 0.1) is 0 Å². The van der Waals surface area contributed by atoms with Gasteiger partial charge in [-0.05, 0) is 34.1 Å². The van der Waals surface area contributed by atoms with E-state index in [9.17, 15) is 0 Å². The molecule has 1 unspecified atom stereocenters. The monoisotopic (exact) mass is 237 g/mol. The van der Waals surface area contributed by atoms with Crippen molar-refractivity contribution < 1.29 is 4.74 Å². The van der Waals surface area contributed by atoms with E-state index in [0.29, 0.717) is 6.61 Å². The predicted octanol–water partition coefficient (Wildman–Crippen LogP) is 2.47. The van der Waals surface area contributed by atoms with E-state index in [4.69, 9.17) is 10.5 Å². The summed E-state index contributed by atoms with van der Waals surface area (Å²) in [6.45, 7) is 10.6. The van der Waals surface area contributed by atoms with Gasteiger partial charge in [-0.3, -0.25) is 0 Å². The average molecular weight is 237 g/mol. The number of hydrogen-bond donors (Lipinski definition) is 1. The van der Waals surface area contributed by atoms with Crippen molar-refractivity contribution in [2.24, 2.45) is 5.73 Å². The Morgan fingerprint density at radius 1 is 1.47 bits per heavy atom. The molecule has 96 valence electrons. The van der Waals surface area contributed by atoms with Crippen LogP contribution >= 0.6 is 0 Å². The second-order valence-electron chi connectivity index (χ2n) is 4.54. The molecule has 2 atom stereocenters. The Bertz CT molecular complexity index is 379. The van der Waals surface area contributed by atoms with Crippen LogP contribution in [0.15, 0.2) is 6.20 Å². The maximum atomic E-state index is 5.85. The zero-order valence-electron chi connectivity index (χ0n) is 11.4. The van der Waals surface area contributed by atoms with E-state index >= 15 is 0 Å². The first-order chi connectivity index (χ1) is 7.94. The number of ether oxygens (including phenoxy) is 1. The molecule has 0 amide bonds. The highest BCUT2D eigenvalue weighted by Gasteiger charge is 2.28. The third-order valence-electron chi connectivity index (χ3n) is 3.12. The maximum Gasteiger partial charge on any atom is 0.160 e. The van der Waals surface area contributed by atoms with Crippen molar-refractivity contribution in [3.8, 4) is 0 Å². The van der Waals surface area contributed by atoms with Gasteiger partial charge >= 0.3 is 0 Å². The Labute approximate surface area is 104 Å². The molecule has 4 nitrogen and oxygen atoms in total. The lowest BCUT2D eigenvalue weighted by molar-refractivity contribution is -0.0392. The van der Waals surface area contributed by atoms with Gasteiger partial charge in [0.25, 0.3) is 0 Å². The molecule has 0 aliphatic heterocycles. The summed E-state index contributed by atoms with van der Waals surface area (Å²) in [5.41, 5.74) is 7.37. The van der Waals surface area contributed by atoms with Gasteiger partial charge in [0.15, 0.2) is 5.82 Å². The minimum atomic E-state index is -0.407. The van der Waals surface area contributed by atoms with Gasteiger partial charge in [0.2, 0.25) is 0 Å². The molecule has 0 aliphatic rings. The highest BCUT2D eigenvalue weighted by Crippen LogP contribution is 2.26. The Balaban J connectivity index is 3.11. The van der Waals surface area contributed by atoms with Crippen LogP contribution in [0.5, 0.6) is 0 Å². The highest BCUT2D eigenvalue weighted by molar-refractivity contribution is 5.20. The molecular formula is C13H23N3O. The van der Waals surface area contributed by atoms with Crippen LogP contribution in [0.3, 0.4) is 0 Å². The quantitative estimate of drug-likeness (QED) is 0.854. The van der Waals surface area contributed by atoms with E-state index in [0.717, 1.165) is 23.5 Å². The summed E-state index contributed by atoms with van der Waals surface area (Å²) in [4.78, 5) is 8.95. The average Bonchev–Trinajstić information content (AvgIpc) is 2.28. The van der Waals surface area contributed by atoms with Crippen molar-refractivity contribution in [3.63, 3.8) is 0 Å². The van der Waals surface area contributed by atoms with Crippen LogP contribution < -0.4 is 5.73 Å². The van der Waals surface area contributed by atoms with Crippen LogP contribution in [0.25, 0.3) is 0 Å². The zero-order valence-corrected chi connectivity index (χ0v) is 11.4. The maximum absolute atomic E-state index is 5.85. The molecule has 0 spiro atoms. The molecule has 17 heavy (non-hydrogen) atoms. The van der Waals surface area contributed by atoms with Crippen molar-refractivity contribution in [1.29, 1.82) is 0 Å². The molecule has 1 aromatic rings. The van der Waals surface area contributed by atoms with E-state index in [1.54, 1.807) is 0 Å². The lowest BCUT2D eigenvalue weighted by Gasteiger charge is -2.27. The van der Waals surface area contributed by atoms with Crippen LogP contribution in [0.1, 0.15) is 57.2 Å². The van der Waals surface area contributed by atoms with Gasteiger partial charge in [0.1, 0.15) is 5.60 Å². The molecule has 1 aromatic heterocycles. The molecule has 0 saturated carbocycles. The van der Waals surface area contributed by atoms with Gasteiger partial charge in [0, 0.05) is 30.1 Å². The SMILES string of the molecule is CCOC(C)(CC)c1ncc([C@H](C)N)c(C)n1. The van der Waals surface area contributed by atoms with Crippen LogP contribution in [-0.2, 0) is 10.3 Å². The summed E-state index contributed by atoms with van der Waals surface area (Å²) in [5.74, 6) is 0.740. The first kappa shape index (κ1) is 14.1. The van der Waals surface area contributed by atoms with Gasteiger partial charge in [-0.1, -0.05) is 6.92 Å². The molecule has 0 bridgehead atoms. The normalized spacial score (nSPS) is 16.6. The molecule has 1 heterocycles. The Kier molecular flexibility index (Phi) is 4.60. The fourth-order valence-corrected chi connectivity index (χ4v) is 1.82. The van der Waals surface area contributed by atoms with Gasteiger partial charge in [-0.25, -0.2) is 9.97 Å². The van der Waals surface area contributed by atoms with Gasteiger partial charge in [-0.15, -0.1) is 0 Å². The Hall–Kier alpha value is -1.00. The molecule has 4 heteroatoms. The Morgan fingerprint density at radius 2 is 2.12 bits per heavy atom. The van der Waals surface area contributed by atoms with E-state index in [-0.39, 0.29) is 6.04 Å². The van der Waals surface area contributed by atoms with E-state index in [1.807, 2.05) is 33.9 Å². The van der Waals surface area contributed by atoms with Gasteiger partial charge in [-0.2, -0.15) is 0 Å². The van der Waals surface area contributed by atoms with E-state index in [1.165, 1.54) is 0 Å². The molecule has 1 rings (SSSR count). The number of aromatic nitrogens is 2. The van der Waals surface area contributed by atoms with E-state index in [2.05, 4.69) is 16.9 Å². The molecular weight excluding hydrogens is 214 g/mol. The standard InChI is InChI=1S/C13H23N3O/c1-6-13(5,17-7-2)12-15-8-11(9(3)14)10(4)16-12/h8-9H,6-7,14H2,1-5H3/t9-,13?/m0/s1. The zero-order chi connectivity index (χ0) is 13.1. The molecule has 0 radical (unpaired) electrons. The van der Waals surface area contributed by atoms with Crippen molar-refractivity contribution in [2.75, 3.05) is 6.61 Å². The highest BCUT2D eigenvalue weighted by atomic mass is 16.5. The number of aryl methyl sites for hydroxylation is 1. The number of rotatable bonds is 5. The number of nitrogens with zero attached hydrogens (tertiary/aromatic N) is 2. The summed E-state index contributed by atoms with van der Waals surface area (Å²) in [6, 6.07) is -0.0379. The minimum absolute atomic E-state index is 0.0379. The third kappa shape index (κ3) is 3.01. The van der Waals surface area contributed by atoms with Crippen molar-refractivity contribution in [2.45, 2.75) is 52.7 Å².